The molecule has 1 fully saturated rings. The number of aliphatic hydroxyl groups is 1. The second-order valence-corrected chi connectivity index (χ2v) is 3.45. The van der Waals surface area contributed by atoms with Gasteiger partial charge in [-0.15, -0.1) is 0 Å². The molecule has 0 radical (unpaired) electrons. The maximum absolute atomic E-state index is 10.8. The van der Waals surface area contributed by atoms with E-state index in [0.717, 1.165) is 12.8 Å². The van der Waals surface area contributed by atoms with Crippen LogP contribution >= 0.6 is 0 Å². The number of hydrogen-bond acceptors (Lipinski definition) is 2. The molecule has 0 aromatic carbocycles. The highest BCUT2D eigenvalue weighted by Gasteiger charge is 2.24. The van der Waals surface area contributed by atoms with Gasteiger partial charge in [0, 0.05) is 0 Å². The summed E-state index contributed by atoms with van der Waals surface area (Å²) in [5, 5.41) is 9.40. The molecule has 0 aromatic rings. The van der Waals surface area contributed by atoms with Gasteiger partial charge in [0.15, 0.2) is 5.78 Å². The second kappa shape index (κ2) is 3.86. The Labute approximate surface area is 67.6 Å². The van der Waals surface area contributed by atoms with E-state index in [4.69, 9.17) is 0 Å². The summed E-state index contributed by atoms with van der Waals surface area (Å²) in [7, 11) is 0. The largest absolute Gasteiger partial charge is 0.385 e. The van der Waals surface area contributed by atoms with Crippen LogP contribution in [0.4, 0.5) is 0 Å². The van der Waals surface area contributed by atoms with Gasteiger partial charge in [-0.25, -0.2) is 0 Å². The minimum absolute atomic E-state index is 0.0723. The predicted molar refractivity (Wildman–Crippen MR) is 43.3 cm³/mol. The molecular formula is C9H16O2. The van der Waals surface area contributed by atoms with Crippen LogP contribution < -0.4 is 0 Å². The van der Waals surface area contributed by atoms with E-state index in [-0.39, 0.29) is 11.7 Å². The molecule has 1 saturated carbocycles. The zero-order valence-electron chi connectivity index (χ0n) is 7.05. The quantitative estimate of drug-likeness (QED) is 0.658. The number of carbonyl (C=O) groups is 1. The Morgan fingerprint density at radius 1 is 1.36 bits per heavy atom. The highest BCUT2D eigenvalue weighted by atomic mass is 16.3. The summed E-state index contributed by atoms with van der Waals surface area (Å²) in [5.74, 6) is 0.179. The molecule has 1 aliphatic carbocycles. The molecule has 64 valence electrons. The molecule has 1 atom stereocenters. The van der Waals surface area contributed by atoms with E-state index in [9.17, 15) is 9.90 Å². The Hall–Kier alpha value is -0.370. The standard InChI is InChI=1S/C9H16O2/c1-7(10)9(11)8-5-3-2-4-6-8/h8-9,11H,2-6H2,1H3/t9-/m1/s1. The predicted octanol–water partition coefficient (Wildman–Crippen LogP) is 1.52. The van der Waals surface area contributed by atoms with Crippen LogP contribution in [0, 0.1) is 5.92 Å². The Morgan fingerprint density at radius 3 is 2.36 bits per heavy atom. The Kier molecular flexibility index (Phi) is 3.06. The van der Waals surface area contributed by atoms with Crippen LogP contribution in [0.25, 0.3) is 0 Å². The lowest BCUT2D eigenvalue weighted by Gasteiger charge is -2.24. The number of carbonyl (C=O) groups excluding carboxylic acids is 1. The summed E-state index contributed by atoms with van der Waals surface area (Å²) in [6.45, 7) is 1.47. The van der Waals surface area contributed by atoms with Gasteiger partial charge >= 0.3 is 0 Å². The Bertz CT molecular complexity index is 136. The van der Waals surface area contributed by atoms with E-state index in [2.05, 4.69) is 0 Å². The van der Waals surface area contributed by atoms with Crippen molar-refractivity contribution in [2.24, 2.45) is 5.92 Å². The molecule has 1 aliphatic rings. The van der Waals surface area contributed by atoms with E-state index in [1.165, 1.54) is 26.2 Å². The highest BCUT2D eigenvalue weighted by molar-refractivity contribution is 5.80. The lowest BCUT2D eigenvalue weighted by molar-refractivity contribution is -0.128. The minimum atomic E-state index is -0.685. The summed E-state index contributed by atoms with van der Waals surface area (Å²) in [5.41, 5.74) is 0. The summed E-state index contributed by atoms with van der Waals surface area (Å²) < 4.78 is 0. The summed E-state index contributed by atoms with van der Waals surface area (Å²) in [6.07, 6.45) is 4.99. The molecular weight excluding hydrogens is 140 g/mol. The first kappa shape index (κ1) is 8.72. The topological polar surface area (TPSA) is 37.3 Å². The van der Waals surface area contributed by atoms with Gasteiger partial charge in [0.25, 0.3) is 0 Å². The highest BCUT2D eigenvalue weighted by Crippen LogP contribution is 2.26. The van der Waals surface area contributed by atoms with Crippen LogP contribution in [0.1, 0.15) is 39.0 Å². The molecule has 0 aliphatic heterocycles. The molecule has 0 heterocycles. The van der Waals surface area contributed by atoms with E-state index >= 15 is 0 Å². The third kappa shape index (κ3) is 2.29. The van der Waals surface area contributed by atoms with Gasteiger partial charge in [0.05, 0.1) is 0 Å². The number of Topliss-reactive ketones (excluding diaryl/α,β-unsaturated/α-hetero) is 1. The van der Waals surface area contributed by atoms with Crippen LogP contribution in [0.2, 0.25) is 0 Å². The fourth-order valence-electron chi connectivity index (χ4n) is 1.78. The van der Waals surface area contributed by atoms with Crippen molar-refractivity contribution in [3.63, 3.8) is 0 Å². The minimum Gasteiger partial charge on any atom is -0.385 e. The van der Waals surface area contributed by atoms with Crippen LogP contribution in [0.15, 0.2) is 0 Å². The van der Waals surface area contributed by atoms with Crippen LogP contribution in [0.5, 0.6) is 0 Å². The smallest absolute Gasteiger partial charge is 0.158 e. The summed E-state index contributed by atoms with van der Waals surface area (Å²) in [4.78, 5) is 10.8. The maximum Gasteiger partial charge on any atom is 0.158 e. The molecule has 1 rings (SSSR count). The lowest BCUT2D eigenvalue weighted by atomic mass is 9.84. The zero-order valence-corrected chi connectivity index (χ0v) is 7.05. The molecule has 11 heavy (non-hydrogen) atoms. The first-order valence-electron chi connectivity index (χ1n) is 4.40. The zero-order chi connectivity index (χ0) is 8.27. The third-order valence-corrected chi connectivity index (χ3v) is 2.51. The van der Waals surface area contributed by atoms with Gasteiger partial charge in [0.2, 0.25) is 0 Å². The fraction of sp³-hybridized carbons (Fsp3) is 0.889. The number of hydrogen-bond donors (Lipinski definition) is 1. The van der Waals surface area contributed by atoms with Crippen molar-refractivity contribution in [2.45, 2.75) is 45.1 Å². The number of aliphatic hydroxyl groups excluding tert-OH is 1. The van der Waals surface area contributed by atoms with Gasteiger partial charge in [-0.1, -0.05) is 19.3 Å². The van der Waals surface area contributed by atoms with Crippen LogP contribution in [-0.2, 0) is 4.79 Å². The van der Waals surface area contributed by atoms with Crippen molar-refractivity contribution in [3.05, 3.63) is 0 Å². The first-order chi connectivity index (χ1) is 5.22. The maximum atomic E-state index is 10.8. The molecule has 0 bridgehead atoms. The van der Waals surface area contributed by atoms with Crippen molar-refractivity contribution in [1.82, 2.24) is 0 Å². The number of ketones is 1. The van der Waals surface area contributed by atoms with Gasteiger partial charge in [-0.05, 0) is 25.7 Å². The molecule has 0 unspecified atom stereocenters. The lowest BCUT2D eigenvalue weighted by Crippen LogP contribution is -2.29. The molecule has 2 heteroatoms. The van der Waals surface area contributed by atoms with E-state index in [1.807, 2.05) is 0 Å². The van der Waals surface area contributed by atoms with Crippen molar-refractivity contribution < 1.29 is 9.90 Å². The molecule has 0 spiro atoms. The molecule has 2 nitrogen and oxygen atoms in total. The van der Waals surface area contributed by atoms with Crippen molar-refractivity contribution >= 4 is 5.78 Å². The molecule has 0 amide bonds. The summed E-state index contributed by atoms with van der Waals surface area (Å²) in [6, 6.07) is 0. The Balaban J connectivity index is 2.38. The van der Waals surface area contributed by atoms with Gasteiger partial charge in [-0.2, -0.15) is 0 Å². The van der Waals surface area contributed by atoms with Gasteiger partial charge in [-0.3, -0.25) is 4.79 Å². The third-order valence-electron chi connectivity index (χ3n) is 2.51. The molecule has 1 N–H and O–H groups in total. The van der Waals surface area contributed by atoms with Gasteiger partial charge < -0.3 is 5.11 Å². The van der Waals surface area contributed by atoms with Crippen LogP contribution in [-0.4, -0.2) is 17.0 Å². The SMILES string of the molecule is CC(=O)[C@@H](O)C1CCCCC1. The van der Waals surface area contributed by atoms with Crippen molar-refractivity contribution in [1.29, 1.82) is 0 Å². The second-order valence-electron chi connectivity index (χ2n) is 3.45. The Morgan fingerprint density at radius 2 is 1.91 bits per heavy atom. The first-order valence-corrected chi connectivity index (χ1v) is 4.40. The van der Waals surface area contributed by atoms with Gasteiger partial charge in [0.1, 0.15) is 6.10 Å². The molecule has 0 aromatic heterocycles. The van der Waals surface area contributed by atoms with E-state index in [1.54, 1.807) is 0 Å². The normalized spacial score (nSPS) is 23.1. The monoisotopic (exact) mass is 156 g/mol. The van der Waals surface area contributed by atoms with E-state index < -0.39 is 6.10 Å². The van der Waals surface area contributed by atoms with Crippen molar-refractivity contribution in [2.75, 3.05) is 0 Å². The van der Waals surface area contributed by atoms with E-state index in [0.29, 0.717) is 0 Å². The average Bonchev–Trinajstić information content (AvgIpc) is 2.05. The van der Waals surface area contributed by atoms with Crippen molar-refractivity contribution in [3.8, 4) is 0 Å². The number of rotatable bonds is 2. The average molecular weight is 156 g/mol. The summed E-state index contributed by atoms with van der Waals surface area (Å²) >= 11 is 0. The fourth-order valence-corrected chi connectivity index (χ4v) is 1.78. The van der Waals surface area contributed by atoms with Crippen LogP contribution in [0.3, 0.4) is 0 Å². The molecule has 0 saturated heterocycles.